The number of amides is 3. The van der Waals surface area contributed by atoms with E-state index < -0.39 is 11.9 Å². The molecular weight excluding hydrogens is 386 g/mol. The van der Waals surface area contributed by atoms with E-state index in [1.54, 1.807) is 13.0 Å². The molecule has 1 aromatic carbocycles. The van der Waals surface area contributed by atoms with Crippen LogP contribution in [0.1, 0.15) is 45.9 Å². The molecule has 2 atom stereocenters. The minimum Gasteiger partial charge on any atom is -0.341 e. The molecule has 1 heterocycles. The first kappa shape index (κ1) is 20.8. The fourth-order valence-corrected chi connectivity index (χ4v) is 4.27. The van der Waals surface area contributed by atoms with Gasteiger partial charge in [0.05, 0.1) is 4.88 Å². The van der Waals surface area contributed by atoms with E-state index in [-0.39, 0.29) is 11.8 Å². The largest absolute Gasteiger partial charge is 0.341 e. The number of carbonyl (C=O) groups excluding carboxylic acids is 3. The zero-order valence-corrected chi connectivity index (χ0v) is 17.3. The van der Waals surface area contributed by atoms with E-state index >= 15 is 0 Å². The van der Waals surface area contributed by atoms with E-state index in [1.807, 2.05) is 36.4 Å². The van der Waals surface area contributed by atoms with Crippen molar-refractivity contribution < 1.29 is 14.4 Å². The molecule has 0 saturated carbocycles. The Hall–Kier alpha value is -2.93. The fraction of sp³-hybridized carbons (Fsp3) is 0.318. The lowest BCUT2D eigenvalue weighted by Crippen LogP contribution is -2.50. The third kappa shape index (κ3) is 5.77. The summed E-state index contributed by atoms with van der Waals surface area (Å²) in [4.78, 5) is 38.3. The Morgan fingerprint density at radius 2 is 1.93 bits per heavy atom. The molecule has 7 heteroatoms. The first-order valence-electron chi connectivity index (χ1n) is 9.67. The van der Waals surface area contributed by atoms with Gasteiger partial charge in [-0.25, -0.2) is 0 Å². The summed E-state index contributed by atoms with van der Waals surface area (Å²) in [5, 5.41) is 2.57. The van der Waals surface area contributed by atoms with Crippen molar-refractivity contribution in [3.8, 4) is 0 Å². The minimum atomic E-state index is -0.791. The molecule has 2 aromatic rings. The molecule has 0 fully saturated rings. The zero-order valence-electron chi connectivity index (χ0n) is 16.5. The van der Waals surface area contributed by atoms with Gasteiger partial charge < -0.3 is 5.32 Å². The third-order valence-corrected chi connectivity index (χ3v) is 6.07. The van der Waals surface area contributed by atoms with Crippen LogP contribution in [0.25, 0.3) is 6.08 Å². The SMILES string of the molecule is C[C@H]1CCc2sc(C(=O)NNC(=O)[C@H](C)NC(=O)/C=C/c3ccccc3)cc2C1. The minimum absolute atomic E-state index is 0.340. The number of benzene rings is 1. The van der Waals surface area contributed by atoms with Gasteiger partial charge in [0.1, 0.15) is 6.04 Å². The van der Waals surface area contributed by atoms with Crippen LogP contribution in [-0.4, -0.2) is 23.8 Å². The average molecular weight is 412 g/mol. The Bertz CT molecular complexity index is 921. The van der Waals surface area contributed by atoms with Crippen LogP contribution in [0.4, 0.5) is 0 Å². The molecule has 29 heavy (non-hydrogen) atoms. The van der Waals surface area contributed by atoms with E-state index in [4.69, 9.17) is 0 Å². The highest BCUT2D eigenvalue weighted by Gasteiger charge is 2.21. The standard InChI is InChI=1S/C22H25N3O3S/c1-14-8-10-18-17(12-14)13-19(29-18)22(28)25-24-21(27)15(2)23-20(26)11-9-16-6-4-3-5-7-16/h3-7,9,11,13-15H,8,10,12H2,1-2H3,(H,23,26)(H,24,27)(H,25,28)/b11-9+/t14-,15-/m0/s1. The summed E-state index contributed by atoms with van der Waals surface area (Å²) in [7, 11) is 0. The van der Waals surface area contributed by atoms with E-state index in [1.165, 1.54) is 27.9 Å². The number of nitrogens with one attached hydrogen (secondary N) is 3. The number of rotatable bonds is 5. The van der Waals surface area contributed by atoms with E-state index in [9.17, 15) is 14.4 Å². The molecule has 0 spiro atoms. The van der Waals surface area contributed by atoms with Gasteiger partial charge in [-0.1, -0.05) is 37.3 Å². The summed E-state index contributed by atoms with van der Waals surface area (Å²) in [6, 6.07) is 10.5. The monoisotopic (exact) mass is 411 g/mol. The quantitative estimate of drug-likeness (QED) is 0.522. The smallest absolute Gasteiger partial charge is 0.279 e. The van der Waals surface area contributed by atoms with Crippen LogP contribution in [0.15, 0.2) is 42.5 Å². The van der Waals surface area contributed by atoms with Gasteiger partial charge in [0.25, 0.3) is 11.8 Å². The molecule has 0 aliphatic heterocycles. The highest BCUT2D eigenvalue weighted by Crippen LogP contribution is 2.32. The van der Waals surface area contributed by atoms with Crippen LogP contribution in [0.5, 0.6) is 0 Å². The van der Waals surface area contributed by atoms with Crippen molar-refractivity contribution in [1.29, 1.82) is 0 Å². The second-order valence-electron chi connectivity index (χ2n) is 7.32. The Labute approximate surface area is 174 Å². The van der Waals surface area contributed by atoms with Crippen molar-refractivity contribution in [3.05, 3.63) is 63.4 Å². The molecule has 1 aromatic heterocycles. The van der Waals surface area contributed by atoms with Gasteiger partial charge >= 0.3 is 0 Å². The van der Waals surface area contributed by atoms with Gasteiger partial charge in [-0.15, -0.1) is 11.3 Å². The fourth-order valence-electron chi connectivity index (χ4n) is 3.17. The first-order valence-corrected chi connectivity index (χ1v) is 10.5. The number of hydrogen-bond donors (Lipinski definition) is 3. The summed E-state index contributed by atoms with van der Waals surface area (Å²) in [5.41, 5.74) is 6.93. The van der Waals surface area contributed by atoms with Crippen molar-refractivity contribution in [1.82, 2.24) is 16.2 Å². The van der Waals surface area contributed by atoms with Gasteiger partial charge in [-0.3, -0.25) is 25.2 Å². The van der Waals surface area contributed by atoms with E-state index in [2.05, 4.69) is 23.1 Å². The highest BCUT2D eigenvalue weighted by atomic mass is 32.1. The molecule has 0 unspecified atom stereocenters. The second-order valence-corrected chi connectivity index (χ2v) is 8.46. The lowest BCUT2D eigenvalue weighted by Gasteiger charge is -2.16. The van der Waals surface area contributed by atoms with Gasteiger partial charge in [-0.05, 0) is 55.4 Å². The maximum Gasteiger partial charge on any atom is 0.279 e. The molecule has 0 bridgehead atoms. The lowest BCUT2D eigenvalue weighted by atomic mass is 9.90. The Morgan fingerprint density at radius 1 is 1.17 bits per heavy atom. The van der Waals surface area contributed by atoms with Crippen LogP contribution in [-0.2, 0) is 22.4 Å². The van der Waals surface area contributed by atoms with Crippen molar-refractivity contribution in [2.24, 2.45) is 5.92 Å². The van der Waals surface area contributed by atoms with Crippen LogP contribution in [0.2, 0.25) is 0 Å². The number of fused-ring (bicyclic) bond motifs is 1. The van der Waals surface area contributed by atoms with Crippen molar-refractivity contribution in [2.75, 3.05) is 0 Å². The molecule has 6 nitrogen and oxygen atoms in total. The summed E-state index contributed by atoms with van der Waals surface area (Å²) in [5.74, 6) is -0.585. The summed E-state index contributed by atoms with van der Waals surface area (Å²) >= 11 is 1.48. The van der Waals surface area contributed by atoms with Crippen molar-refractivity contribution >= 4 is 35.1 Å². The molecule has 1 aliphatic carbocycles. The van der Waals surface area contributed by atoms with Crippen LogP contribution >= 0.6 is 11.3 Å². The number of carbonyl (C=O) groups is 3. The third-order valence-electron chi connectivity index (χ3n) is 4.83. The Balaban J connectivity index is 1.46. The topological polar surface area (TPSA) is 87.3 Å². The van der Waals surface area contributed by atoms with Gasteiger partial charge in [0, 0.05) is 11.0 Å². The molecule has 3 N–H and O–H groups in total. The molecule has 3 rings (SSSR count). The average Bonchev–Trinajstić information content (AvgIpc) is 3.14. The maximum atomic E-state index is 12.3. The van der Waals surface area contributed by atoms with Crippen LogP contribution in [0, 0.1) is 5.92 Å². The van der Waals surface area contributed by atoms with Crippen molar-refractivity contribution in [3.63, 3.8) is 0 Å². The Kier molecular flexibility index (Phi) is 6.82. The maximum absolute atomic E-state index is 12.3. The van der Waals surface area contributed by atoms with Gasteiger partial charge in [-0.2, -0.15) is 0 Å². The number of aryl methyl sites for hydroxylation is 1. The lowest BCUT2D eigenvalue weighted by molar-refractivity contribution is -0.127. The summed E-state index contributed by atoms with van der Waals surface area (Å²) in [6.45, 7) is 3.77. The van der Waals surface area contributed by atoms with Crippen LogP contribution in [0.3, 0.4) is 0 Å². The molecule has 0 saturated heterocycles. The normalized spacial score (nSPS) is 16.7. The van der Waals surface area contributed by atoms with Crippen LogP contribution < -0.4 is 16.2 Å². The van der Waals surface area contributed by atoms with Gasteiger partial charge in [0.15, 0.2) is 0 Å². The predicted molar refractivity (Wildman–Crippen MR) is 114 cm³/mol. The Morgan fingerprint density at radius 3 is 2.69 bits per heavy atom. The first-order chi connectivity index (χ1) is 13.9. The molecule has 1 aliphatic rings. The van der Waals surface area contributed by atoms with Crippen molar-refractivity contribution in [2.45, 2.75) is 39.2 Å². The molecule has 0 radical (unpaired) electrons. The number of hydrogen-bond acceptors (Lipinski definition) is 4. The zero-order chi connectivity index (χ0) is 20.8. The number of hydrazine groups is 1. The summed E-state index contributed by atoms with van der Waals surface area (Å²) < 4.78 is 0. The molecular formula is C22H25N3O3S. The summed E-state index contributed by atoms with van der Waals surface area (Å²) in [6.07, 6.45) is 6.17. The second kappa shape index (κ2) is 9.52. The number of thiophene rings is 1. The predicted octanol–water partition coefficient (Wildman–Crippen LogP) is 2.85. The van der Waals surface area contributed by atoms with Gasteiger partial charge in [0.2, 0.25) is 5.91 Å². The van der Waals surface area contributed by atoms with E-state index in [0.29, 0.717) is 10.8 Å². The molecule has 3 amide bonds. The van der Waals surface area contributed by atoms with E-state index in [0.717, 1.165) is 24.8 Å². The highest BCUT2D eigenvalue weighted by molar-refractivity contribution is 7.14. The molecule has 152 valence electrons.